The van der Waals surface area contributed by atoms with Gasteiger partial charge in [-0.1, -0.05) is 37.0 Å². The fraction of sp³-hybridized carbons (Fsp3) is 0.750. The van der Waals surface area contributed by atoms with E-state index in [2.05, 4.69) is 28.5 Å². The van der Waals surface area contributed by atoms with Crippen LogP contribution in [0, 0.1) is 11.8 Å². The Hall–Kier alpha value is -1.05. The SMILES string of the molecule is CC(C)C1CCC(N2CCC(N3Cc4cc(Cl)c(Cl)cc4N(CCN4CCOCC4)C3=O)CC2)CC1. The number of urea groups is 1. The van der Waals surface area contributed by atoms with Gasteiger partial charge < -0.3 is 14.5 Å². The quantitative estimate of drug-likeness (QED) is 0.464. The van der Waals surface area contributed by atoms with Crippen LogP contribution in [-0.2, 0) is 11.3 Å². The van der Waals surface area contributed by atoms with Crippen LogP contribution < -0.4 is 4.90 Å². The van der Waals surface area contributed by atoms with Crippen molar-refractivity contribution >= 4 is 34.9 Å². The minimum absolute atomic E-state index is 0.116. The molecule has 3 heterocycles. The van der Waals surface area contributed by atoms with E-state index in [-0.39, 0.29) is 12.1 Å². The van der Waals surface area contributed by atoms with E-state index in [1.165, 1.54) is 25.7 Å². The molecular formula is C28H42Cl2N4O2. The molecule has 2 saturated heterocycles. The number of morpholine rings is 1. The number of amides is 2. The molecule has 200 valence electrons. The summed E-state index contributed by atoms with van der Waals surface area (Å²) in [5.74, 6) is 1.70. The summed E-state index contributed by atoms with van der Waals surface area (Å²) in [5, 5.41) is 1.07. The largest absolute Gasteiger partial charge is 0.379 e. The molecule has 0 radical (unpaired) electrons. The molecule has 6 nitrogen and oxygen atoms in total. The number of benzene rings is 1. The monoisotopic (exact) mass is 536 g/mol. The lowest BCUT2D eigenvalue weighted by molar-refractivity contribution is 0.0389. The van der Waals surface area contributed by atoms with Crippen LogP contribution in [0.25, 0.3) is 0 Å². The highest BCUT2D eigenvalue weighted by atomic mass is 35.5. The Morgan fingerprint density at radius 3 is 2.22 bits per heavy atom. The van der Waals surface area contributed by atoms with Crippen molar-refractivity contribution in [2.45, 2.75) is 71.0 Å². The van der Waals surface area contributed by atoms with Crippen molar-refractivity contribution in [3.8, 4) is 0 Å². The Kier molecular flexibility index (Phi) is 8.68. The molecule has 0 aromatic heterocycles. The third kappa shape index (κ3) is 5.83. The number of likely N-dealkylation sites (tertiary alicyclic amines) is 1. The van der Waals surface area contributed by atoms with Crippen molar-refractivity contribution in [2.75, 3.05) is 57.4 Å². The first-order valence-electron chi connectivity index (χ1n) is 14.0. The molecule has 1 aromatic rings. The number of piperidine rings is 1. The molecule has 0 N–H and O–H groups in total. The number of fused-ring (bicyclic) bond motifs is 1. The van der Waals surface area contributed by atoms with Crippen molar-refractivity contribution in [1.29, 1.82) is 0 Å². The molecule has 3 fully saturated rings. The van der Waals surface area contributed by atoms with Gasteiger partial charge in [0.2, 0.25) is 0 Å². The van der Waals surface area contributed by atoms with Crippen LogP contribution in [0.3, 0.4) is 0 Å². The molecule has 0 spiro atoms. The van der Waals surface area contributed by atoms with Crippen LogP contribution in [0.1, 0.15) is 57.9 Å². The van der Waals surface area contributed by atoms with Crippen LogP contribution >= 0.6 is 23.2 Å². The van der Waals surface area contributed by atoms with E-state index >= 15 is 0 Å². The summed E-state index contributed by atoms with van der Waals surface area (Å²) < 4.78 is 5.50. The lowest BCUT2D eigenvalue weighted by Gasteiger charge is -2.46. The van der Waals surface area contributed by atoms with Gasteiger partial charge in [0, 0.05) is 57.9 Å². The third-order valence-electron chi connectivity index (χ3n) is 9.11. The highest BCUT2D eigenvalue weighted by Gasteiger charge is 2.38. The smallest absolute Gasteiger partial charge is 0.325 e. The number of rotatable bonds is 6. The number of carbonyl (C=O) groups excluding carboxylic acids is 1. The highest BCUT2D eigenvalue weighted by molar-refractivity contribution is 6.42. The van der Waals surface area contributed by atoms with E-state index in [9.17, 15) is 4.79 Å². The van der Waals surface area contributed by atoms with Gasteiger partial charge in [-0.05, 0) is 68.1 Å². The minimum Gasteiger partial charge on any atom is -0.379 e. The van der Waals surface area contributed by atoms with Crippen LogP contribution in [0.15, 0.2) is 12.1 Å². The molecule has 2 amide bonds. The van der Waals surface area contributed by atoms with Crippen LogP contribution in [0.5, 0.6) is 0 Å². The lowest BCUT2D eigenvalue weighted by Crippen LogP contribution is -2.56. The summed E-state index contributed by atoms with van der Waals surface area (Å²) in [7, 11) is 0. The van der Waals surface area contributed by atoms with Gasteiger partial charge >= 0.3 is 6.03 Å². The molecule has 3 aliphatic heterocycles. The molecule has 1 aromatic carbocycles. The first-order chi connectivity index (χ1) is 17.4. The van der Waals surface area contributed by atoms with Gasteiger partial charge in [0.25, 0.3) is 0 Å². The molecule has 36 heavy (non-hydrogen) atoms. The topological polar surface area (TPSA) is 39.3 Å². The van der Waals surface area contributed by atoms with Crippen molar-refractivity contribution < 1.29 is 9.53 Å². The number of hydrogen-bond donors (Lipinski definition) is 0. The first kappa shape index (κ1) is 26.6. The second-order valence-corrected chi connectivity index (χ2v) is 12.3. The summed E-state index contributed by atoms with van der Waals surface area (Å²) in [6.07, 6.45) is 7.49. The maximum atomic E-state index is 13.9. The summed E-state index contributed by atoms with van der Waals surface area (Å²) in [6.45, 7) is 12.4. The summed E-state index contributed by atoms with van der Waals surface area (Å²) >= 11 is 12.8. The predicted molar refractivity (Wildman–Crippen MR) is 147 cm³/mol. The number of nitrogens with zero attached hydrogens (tertiary/aromatic N) is 4. The maximum absolute atomic E-state index is 13.9. The Labute approximate surface area is 226 Å². The minimum atomic E-state index is 0.116. The predicted octanol–water partition coefficient (Wildman–Crippen LogP) is 5.75. The molecule has 8 heteroatoms. The molecular weight excluding hydrogens is 495 g/mol. The van der Waals surface area contributed by atoms with Crippen molar-refractivity contribution in [3.63, 3.8) is 0 Å². The number of anilines is 1. The van der Waals surface area contributed by atoms with Crippen molar-refractivity contribution in [1.82, 2.24) is 14.7 Å². The second-order valence-electron chi connectivity index (χ2n) is 11.5. The molecule has 4 aliphatic rings. The molecule has 0 atom stereocenters. The van der Waals surface area contributed by atoms with Gasteiger partial charge in [0.05, 0.1) is 28.9 Å². The van der Waals surface area contributed by atoms with E-state index in [4.69, 9.17) is 27.9 Å². The summed E-state index contributed by atoms with van der Waals surface area (Å²) in [6, 6.07) is 4.95. The average molecular weight is 538 g/mol. The molecule has 0 bridgehead atoms. The molecule has 1 saturated carbocycles. The van der Waals surface area contributed by atoms with Crippen molar-refractivity contribution in [2.24, 2.45) is 11.8 Å². The van der Waals surface area contributed by atoms with E-state index in [0.717, 1.165) is 87.9 Å². The average Bonchev–Trinajstić information content (AvgIpc) is 2.90. The van der Waals surface area contributed by atoms with Gasteiger partial charge in [-0.3, -0.25) is 9.80 Å². The van der Waals surface area contributed by atoms with E-state index in [1.54, 1.807) is 0 Å². The molecule has 0 unspecified atom stereocenters. The summed E-state index contributed by atoms with van der Waals surface area (Å²) in [4.78, 5) is 23.0. The summed E-state index contributed by atoms with van der Waals surface area (Å²) in [5.41, 5.74) is 2.01. The van der Waals surface area contributed by atoms with Crippen molar-refractivity contribution in [3.05, 3.63) is 27.7 Å². The highest BCUT2D eigenvalue weighted by Crippen LogP contribution is 2.38. The normalized spacial score (nSPS) is 27.1. The number of halogens is 2. The van der Waals surface area contributed by atoms with Crippen LogP contribution in [0.2, 0.25) is 10.0 Å². The third-order valence-corrected chi connectivity index (χ3v) is 9.84. The number of ether oxygens (including phenoxy) is 1. The van der Waals surface area contributed by atoms with Crippen LogP contribution in [-0.4, -0.2) is 85.3 Å². The standard InChI is InChI=1S/C28H42Cl2N4O2/c1-20(2)21-3-5-23(6-4-21)32-9-7-24(8-10-32)34-19-22-17-25(29)26(30)18-27(22)33(28(34)35)12-11-31-13-15-36-16-14-31/h17-18,20-21,23-24H,3-16,19H2,1-2H3. The number of hydrogen-bond acceptors (Lipinski definition) is 4. The number of carbonyl (C=O) groups is 1. The second kappa shape index (κ2) is 11.8. The Bertz CT molecular complexity index is 907. The van der Waals surface area contributed by atoms with Gasteiger partial charge in [-0.15, -0.1) is 0 Å². The van der Waals surface area contributed by atoms with E-state index < -0.39 is 0 Å². The fourth-order valence-corrected chi connectivity index (χ4v) is 7.07. The maximum Gasteiger partial charge on any atom is 0.325 e. The van der Waals surface area contributed by atoms with Gasteiger partial charge in [-0.2, -0.15) is 0 Å². The zero-order valence-electron chi connectivity index (χ0n) is 21.9. The molecule has 1 aliphatic carbocycles. The molecule has 5 rings (SSSR count). The van der Waals surface area contributed by atoms with Gasteiger partial charge in [0.15, 0.2) is 0 Å². The Balaban J connectivity index is 1.24. The fourth-order valence-electron chi connectivity index (χ4n) is 6.73. The first-order valence-corrected chi connectivity index (χ1v) is 14.8. The Morgan fingerprint density at radius 2 is 1.56 bits per heavy atom. The van der Waals surface area contributed by atoms with Gasteiger partial charge in [0.1, 0.15) is 0 Å². The van der Waals surface area contributed by atoms with Crippen LogP contribution in [0.4, 0.5) is 10.5 Å². The zero-order chi connectivity index (χ0) is 25.2. The lowest BCUT2D eigenvalue weighted by atomic mass is 9.79. The Morgan fingerprint density at radius 1 is 0.889 bits per heavy atom. The zero-order valence-corrected chi connectivity index (χ0v) is 23.4. The van der Waals surface area contributed by atoms with E-state index in [1.807, 2.05) is 17.0 Å². The van der Waals surface area contributed by atoms with E-state index in [0.29, 0.717) is 23.1 Å². The van der Waals surface area contributed by atoms with Gasteiger partial charge in [-0.25, -0.2) is 4.79 Å².